The number of nitrogens with zero attached hydrogens (tertiary/aromatic N) is 3. The third-order valence-electron chi connectivity index (χ3n) is 6.15. The summed E-state index contributed by atoms with van der Waals surface area (Å²) in [6.07, 6.45) is 1.77. The van der Waals surface area contributed by atoms with Gasteiger partial charge in [-0.2, -0.15) is 4.31 Å². The van der Waals surface area contributed by atoms with Gasteiger partial charge in [0.25, 0.3) is 0 Å². The van der Waals surface area contributed by atoms with Crippen LogP contribution in [0.5, 0.6) is 0 Å². The molecule has 0 unspecified atom stereocenters. The molecule has 0 radical (unpaired) electrons. The Morgan fingerprint density at radius 2 is 1.80 bits per heavy atom. The Bertz CT molecular complexity index is 1310. The molecule has 0 saturated carbocycles. The number of aromatic nitrogens is 2. The minimum atomic E-state index is -3.71. The van der Waals surface area contributed by atoms with Gasteiger partial charge in [-0.15, -0.1) is 0 Å². The van der Waals surface area contributed by atoms with Gasteiger partial charge >= 0.3 is 0 Å². The van der Waals surface area contributed by atoms with Gasteiger partial charge in [0.05, 0.1) is 41.8 Å². The number of rotatable bonds is 7. The number of morpholine rings is 1. The normalized spacial score (nSPS) is 19.6. The molecule has 2 aliphatic rings. The monoisotopic (exact) mass is 527 g/mol. The Balaban J connectivity index is 1.49. The molecule has 2 aromatic carbocycles. The van der Waals surface area contributed by atoms with Gasteiger partial charge in [-0.1, -0.05) is 11.8 Å². The van der Waals surface area contributed by atoms with E-state index in [4.69, 9.17) is 9.47 Å². The van der Waals surface area contributed by atoms with Gasteiger partial charge in [0.1, 0.15) is 17.5 Å². The number of ether oxygens (including phenoxy) is 2. The predicted octanol–water partition coefficient (Wildman–Crippen LogP) is 3.95. The Kier molecular flexibility index (Phi) is 7.09. The molecule has 2 saturated heterocycles. The number of benzene rings is 2. The summed E-state index contributed by atoms with van der Waals surface area (Å²) in [5.41, 5.74) is 0.909. The maximum atomic E-state index is 14.2. The number of fused-ring (bicyclic) bond motifs is 1. The lowest BCUT2D eigenvalue weighted by Gasteiger charge is -2.26. The second kappa shape index (κ2) is 10.1. The number of halogens is 3. The zero-order valence-corrected chi connectivity index (χ0v) is 20.4. The summed E-state index contributed by atoms with van der Waals surface area (Å²) in [7, 11) is -3.71. The van der Waals surface area contributed by atoms with Crippen molar-refractivity contribution >= 4 is 32.8 Å². The van der Waals surface area contributed by atoms with Gasteiger partial charge < -0.3 is 14.0 Å². The molecule has 12 heteroatoms. The van der Waals surface area contributed by atoms with Crippen LogP contribution in [0.15, 0.2) is 40.4 Å². The molecule has 0 N–H and O–H groups in total. The third-order valence-corrected chi connectivity index (χ3v) is 9.05. The van der Waals surface area contributed by atoms with Gasteiger partial charge in [-0.25, -0.2) is 26.6 Å². The average molecular weight is 528 g/mol. The molecular weight excluding hydrogens is 503 g/mol. The van der Waals surface area contributed by atoms with E-state index in [2.05, 4.69) is 4.98 Å². The van der Waals surface area contributed by atoms with Crippen molar-refractivity contribution in [1.82, 2.24) is 13.9 Å². The summed E-state index contributed by atoms with van der Waals surface area (Å²) >= 11 is 1.10. The van der Waals surface area contributed by atoms with Crippen LogP contribution in [0.2, 0.25) is 0 Å². The van der Waals surface area contributed by atoms with E-state index >= 15 is 0 Å². The standard InChI is InChI=1S/C23H24F3N3O4S2/c24-15-10-19(25)18(20(26)11-15)14-34-23-27-21-12-17(35(30,31)28-5-8-32-9-6-28)3-4-22(21)29(23)13-16-2-1-7-33-16/h3-4,10-12,16H,1-2,5-9,13-14H2/t16-/m0/s1. The predicted molar refractivity (Wildman–Crippen MR) is 124 cm³/mol. The molecule has 2 fully saturated rings. The van der Waals surface area contributed by atoms with E-state index in [9.17, 15) is 21.6 Å². The highest BCUT2D eigenvalue weighted by molar-refractivity contribution is 7.98. The smallest absolute Gasteiger partial charge is 0.243 e. The molecular formula is C23H24F3N3O4S2. The zero-order chi connectivity index (χ0) is 24.6. The molecule has 0 spiro atoms. The van der Waals surface area contributed by atoms with Crippen molar-refractivity contribution in [2.45, 2.75) is 41.3 Å². The van der Waals surface area contributed by atoms with Crippen molar-refractivity contribution in [1.29, 1.82) is 0 Å². The number of sulfonamides is 1. The largest absolute Gasteiger partial charge is 0.379 e. The van der Waals surface area contributed by atoms with E-state index in [0.717, 1.165) is 24.6 Å². The van der Waals surface area contributed by atoms with Crippen LogP contribution in [0.4, 0.5) is 13.2 Å². The van der Waals surface area contributed by atoms with Crippen molar-refractivity contribution < 1.29 is 31.1 Å². The lowest BCUT2D eigenvalue weighted by molar-refractivity contribution is 0.0730. The van der Waals surface area contributed by atoms with Crippen molar-refractivity contribution in [3.63, 3.8) is 0 Å². The fourth-order valence-corrected chi connectivity index (χ4v) is 6.78. The molecule has 3 heterocycles. The number of imidazole rings is 1. The summed E-state index contributed by atoms with van der Waals surface area (Å²) in [6.45, 7) is 2.38. The minimum Gasteiger partial charge on any atom is -0.379 e. The van der Waals surface area contributed by atoms with Crippen molar-refractivity contribution in [2.24, 2.45) is 0 Å². The maximum Gasteiger partial charge on any atom is 0.243 e. The lowest BCUT2D eigenvalue weighted by Crippen LogP contribution is -2.40. The molecule has 1 aromatic heterocycles. The van der Waals surface area contributed by atoms with Crippen LogP contribution in [-0.4, -0.2) is 61.3 Å². The lowest BCUT2D eigenvalue weighted by atomic mass is 10.2. The molecule has 0 amide bonds. The van der Waals surface area contributed by atoms with Gasteiger partial charge in [0.2, 0.25) is 10.0 Å². The minimum absolute atomic E-state index is 0.0391. The number of hydrogen-bond acceptors (Lipinski definition) is 6. The second-order valence-corrected chi connectivity index (χ2v) is 11.3. The quantitative estimate of drug-likeness (QED) is 0.434. The summed E-state index contributed by atoms with van der Waals surface area (Å²) < 4.78 is 82.2. The van der Waals surface area contributed by atoms with E-state index in [0.29, 0.717) is 54.7 Å². The fraction of sp³-hybridized carbons (Fsp3) is 0.435. The fourth-order valence-electron chi connectivity index (χ4n) is 4.31. The average Bonchev–Trinajstić information content (AvgIpc) is 3.47. The third kappa shape index (κ3) is 5.08. The van der Waals surface area contributed by atoms with E-state index < -0.39 is 27.5 Å². The molecule has 1 atom stereocenters. The SMILES string of the molecule is O=S(=O)(c1ccc2c(c1)nc(SCc1c(F)cc(F)cc1F)n2C[C@@H]1CCCO1)N1CCOCC1. The Labute approximate surface area is 205 Å². The van der Waals surface area contributed by atoms with Crippen LogP contribution in [0.3, 0.4) is 0 Å². The van der Waals surface area contributed by atoms with Gasteiger partial charge in [0.15, 0.2) is 5.16 Å². The second-order valence-electron chi connectivity index (χ2n) is 8.44. The maximum absolute atomic E-state index is 14.2. The molecule has 3 aromatic rings. The van der Waals surface area contributed by atoms with E-state index in [1.54, 1.807) is 12.1 Å². The summed E-state index contributed by atoms with van der Waals surface area (Å²) in [5, 5.41) is 0.472. The first kappa shape index (κ1) is 24.6. The molecule has 188 valence electrons. The Hall–Kier alpha value is -2.12. The Morgan fingerprint density at radius 3 is 2.49 bits per heavy atom. The van der Waals surface area contributed by atoms with E-state index in [1.165, 1.54) is 10.4 Å². The summed E-state index contributed by atoms with van der Waals surface area (Å²) in [5.74, 6) is -3.01. The highest BCUT2D eigenvalue weighted by Crippen LogP contribution is 2.32. The van der Waals surface area contributed by atoms with Crippen molar-refractivity contribution in [3.05, 3.63) is 53.3 Å². The van der Waals surface area contributed by atoms with E-state index in [-0.39, 0.29) is 35.4 Å². The first-order valence-electron chi connectivity index (χ1n) is 11.3. The van der Waals surface area contributed by atoms with Gasteiger partial charge in [-0.3, -0.25) is 0 Å². The molecule has 7 nitrogen and oxygen atoms in total. The summed E-state index contributed by atoms with van der Waals surface area (Å²) in [4.78, 5) is 4.74. The Morgan fingerprint density at radius 1 is 1.06 bits per heavy atom. The molecule has 0 aliphatic carbocycles. The first-order valence-corrected chi connectivity index (χ1v) is 13.7. The van der Waals surface area contributed by atoms with Crippen molar-refractivity contribution in [3.8, 4) is 0 Å². The van der Waals surface area contributed by atoms with Crippen LogP contribution in [0.25, 0.3) is 11.0 Å². The highest BCUT2D eigenvalue weighted by Gasteiger charge is 2.28. The van der Waals surface area contributed by atoms with Crippen LogP contribution < -0.4 is 0 Å². The van der Waals surface area contributed by atoms with Crippen molar-refractivity contribution in [2.75, 3.05) is 32.9 Å². The number of thioether (sulfide) groups is 1. The van der Waals surface area contributed by atoms with Gasteiger partial charge in [0, 0.05) is 43.1 Å². The highest BCUT2D eigenvalue weighted by atomic mass is 32.2. The summed E-state index contributed by atoms with van der Waals surface area (Å²) in [6, 6.07) is 6.08. The zero-order valence-electron chi connectivity index (χ0n) is 18.8. The van der Waals surface area contributed by atoms with Crippen LogP contribution in [-0.2, 0) is 31.8 Å². The van der Waals surface area contributed by atoms with Crippen LogP contribution in [0, 0.1) is 17.5 Å². The first-order chi connectivity index (χ1) is 16.8. The molecule has 0 bridgehead atoms. The van der Waals surface area contributed by atoms with Crippen LogP contribution >= 0.6 is 11.8 Å². The van der Waals surface area contributed by atoms with E-state index in [1.807, 2.05) is 4.57 Å². The van der Waals surface area contributed by atoms with Crippen LogP contribution in [0.1, 0.15) is 18.4 Å². The molecule has 5 rings (SSSR count). The number of hydrogen-bond donors (Lipinski definition) is 0. The molecule has 35 heavy (non-hydrogen) atoms. The van der Waals surface area contributed by atoms with Gasteiger partial charge in [-0.05, 0) is 31.0 Å². The topological polar surface area (TPSA) is 73.7 Å². The molecule has 2 aliphatic heterocycles.